The van der Waals surface area contributed by atoms with E-state index in [0.29, 0.717) is 21.4 Å². The Morgan fingerprint density at radius 3 is 2.61 bits per heavy atom. The van der Waals surface area contributed by atoms with E-state index in [-0.39, 0.29) is 5.91 Å². The number of benzene rings is 2. The zero-order valence-corrected chi connectivity index (χ0v) is 17.2. The third-order valence-electron chi connectivity index (χ3n) is 4.33. The predicted molar refractivity (Wildman–Crippen MR) is 113 cm³/mol. The zero-order valence-electron chi connectivity index (χ0n) is 15.7. The number of rotatable bonds is 5. The molecule has 0 aliphatic carbocycles. The number of carbonyl (C=O) groups is 1. The monoisotopic (exact) mass is 415 g/mol. The Labute approximate surface area is 173 Å². The SMILES string of the molecule is COc1cccc(C(=O)N/N=C\c2cc(C)n(-c3ccc(Cl)c(Cl)c3)c2C)c1. The number of hydrogen-bond acceptors (Lipinski definition) is 3. The van der Waals surface area contributed by atoms with Gasteiger partial charge in [-0.15, -0.1) is 0 Å². The highest BCUT2D eigenvalue weighted by molar-refractivity contribution is 6.42. The standard InChI is InChI=1S/C21H19Cl2N3O2/c1-13-9-16(14(2)26(13)17-7-8-19(22)20(23)11-17)12-24-25-21(27)15-5-4-6-18(10-15)28-3/h4-12H,1-3H3,(H,25,27)/b24-12-. The fourth-order valence-electron chi connectivity index (χ4n) is 2.93. The van der Waals surface area contributed by atoms with E-state index < -0.39 is 0 Å². The van der Waals surface area contributed by atoms with Crippen molar-refractivity contribution >= 4 is 35.3 Å². The van der Waals surface area contributed by atoms with Gasteiger partial charge in [-0.1, -0.05) is 29.3 Å². The van der Waals surface area contributed by atoms with Gasteiger partial charge in [0.25, 0.3) is 5.91 Å². The largest absolute Gasteiger partial charge is 0.497 e. The Bertz CT molecular complexity index is 1060. The van der Waals surface area contributed by atoms with Crippen molar-refractivity contribution in [3.63, 3.8) is 0 Å². The molecule has 0 unspecified atom stereocenters. The van der Waals surface area contributed by atoms with Crippen LogP contribution in [0.25, 0.3) is 5.69 Å². The first-order valence-electron chi connectivity index (χ1n) is 8.52. The lowest BCUT2D eigenvalue weighted by Gasteiger charge is -2.10. The lowest BCUT2D eigenvalue weighted by molar-refractivity contribution is 0.0955. The van der Waals surface area contributed by atoms with Crippen molar-refractivity contribution in [1.82, 2.24) is 9.99 Å². The van der Waals surface area contributed by atoms with E-state index in [2.05, 4.69) is 10.5 Å². The summed E-state index contributed by atoms with van der Waals surface area (Å²) in [5.74, 6) is 0.301. The van der Waals surface area contributed by atoms with Gasteiger partial charge in [0.2, 0.25) is 0 Å². The van der Waals surface area contributed by atoms with Gasteiger partial charge in [-0.05, 0) is 56.3 Å². The van der Waals surface area contributed by atoms with E-state index in [1.165, 1.54) is 0 Å². The number of aromatic nitrogens is 1. The second-order valence-corrected chi connectivity index (χ2v) is 7.01. The van der Waals surface area contributed by atoms with Crippen molar-refractivity contribution in [2.24, 2.45) is 5.10 Å². The van der Waals surface area contributed by atoms with Crippen molar-refractivity contribution in [2.75, 3.05) is 7.11 Å². The molecule has 5 nitrogen and oxygen atoms in total. The first-order chi connectivity index (χ1) is 13.4. The van der Waals surface area contributed by atoms with Crippen molar-refractivity contribution in [3.05, 3.63) is 81.1 Å². The van der Waals surface area contributed by atoms with Crippen LogP contribution >= 0.6 is 23.2 Å². The fourth-order valence-corrected chi connectivity index (χ4v) is 3.22. The molecule has 1 aromatic heterocycles. The molecule has 1 N–H and O–H groups in total. The van der Waals surface area contributed by atoms with Gasteiger partial charge in [-0.3, -0.25) is 4.79 Å². The Kier molecular flexibility index (Phi) is 6.07. The summed E-state index contributed by atoms with van der Waals surface area (Å²) in [5, 5.41) is 5.09. The summed E-state index contributed by atoms with van der Waals surface area (Å²) < 4.78 is 7.18. The molecular formula is C21H19Cl2N3O2. The number of hydrazone groups is 1. The minimum absolute atomic E-state index is 0.312. The molecule has 0 saturated heterocycles. The van der Waals surface area contributed by atoms with Crippen LogP contribution in [-0.4, -0.2) is 23.8 Å². The Balaban J connectivity index is 1.79. The number of carbonyl (C=O) groups excluding carboxylic acids is 1. The quantitative estimate of drug-likeness (QED) is 0.461. The highest BCUT2D eigenvalue weighted by Gasteiger charge is 2.11. The van der Waals surface area contributed by atoms with Crippen LogP contribution < -0.4 is 10.2 Å². The highest BCUT2D eigenvalue weighted by atomic mass is 35.5. The van der Waals surface area contributed by atoms with E-state index in [1.54, 1.807) is 43.7 Å². The molecule has 0 radical (unpaired) electrons. The molecule has 0 fully saturated rings. The zero-order chi connectivity index (χ0) is 20.3. The number of halogens is 2. The number of ether oxygens (including phenoxy) is 1. The number of aryl methyl sites for hydroxylation is 1. The molecule has 1 heterocycles. The number of methoxy groups -OCH3 is 1. The summed E-state index contributed by atoms with van der Waals surface area (Å²) >= 11 is 12.2. The van der Waals surface area contributed by atoms with Gasteiger partial charge in [0.05, 0.1) is 23.4 Å². The van der Waals surface area contributed by atoms with Gasteiger partial charge in [0, 0.05) is 28.2 Å². The lowest BCUT2D eigenvalue weighted by Crippen LogP contribution is -2.17. The lowest BCUT2D eigenvalue weighted by atomic mass is 10.2. The maximum Gasteiger partial charge on any atom is 0.271 e. The first-order valence-corrected chi connectivity index (χ1v) is 9.28. The molecule has 28 heavy (non-hydrogen) atoms. The van der Waals surface area contributed by atoms with Crippen LogP contribution in [0.4, 0.5) is 0 Å². The Morgan fingerprint density at radius 2 is 1.89 bits per heavy atom. The molecule has 0 aliphatic heterocycles. The highest BCUT2D eigenvalue weighted by Crippen LogP contribution is 2.27. The summed E-state index contributed by atoms with van der Waals surface area (Å²) in [6.07, 6.45) is 1.62. The summed E-state index contributed by atoms with van der Waals surface area (Å²) in [7, 11) is 1.55. The van der Waals surface area contributed by atoms with Crippen molar-refractivity contribution in [2.45, 2.75) is 13.8 Å². The van der Waals surface area contributed by atoms with Crippen LogP contribution in [0, 0.1) is 13.8 Å². The van der Waals surface area contributed by atoms with Crippen LogP contribution in [0.5, 0.6) is 5.75 Å². The second-order valence-electron chi connectivity index (χ2n) is 6.19. The smallest absolute Gasteiger partial charge is 0.271 e. The van der Waals surface area contributed by atoms with Crippen LogP contribution in [0.1, 0.15) is 27.3 Å². The summed E-state index contributed by atoms with van der Waals surface area (Å²) in [6.45, 7) is 3.96. The number of nitrogens with zero attached hydrogens (tertiary/aromatic N) is 2. The average Bonchev–Trinajstić information content (AvgIpc) is 2.97. The molecule has 0 bridgehead atoms. The normalized spacial score (nSPS) is 11.0. The van der Waals surface area contributed by atoms with Crippen LogP contribution in [0.3, 0.4) is 0 Å². The maximum absolute atomic E-state index is 12.2. The van der Waals surface area contributed by atoms with Crippen LogP contribution in [0.2, 0.25) is 10.0 Å². The summed E-state index contributed by atoms with van der Waals surface area (Å²) in [4.78, 5) is 12.2. The van der Waals surface area contributed by atoms with Crippen LogP contribution in [0.15, 0.2) is 53.6 Å². The number of nitrogens with one attached hydrogen (secondary N) is 1. The van der Waals surface area contributed by atoms with Crippen molar-refractivity contribution in [3.8, 4) is 11.4 Å². The molecule has 0 spiro atoms. The minimum Gasteiger partial charge on any atom is -0.497 e. The summed E-state index contributed by atoms with van der Waals surface area (Å²) in [5.41, 5.74) is 6.78. The summed E-state index contributed by atoms with van der Waals surface area (Å²) in [6, 6.07) is 14.3. The van der Waals surface area contributed by atoms with E-state index in [4.69, 9.17) is 27.9 Å². The molecule has 0 atom stereocenters. The maximum atomic E-state index is 12.2. The molecule has 3 rings (SSSR count). The Morgan fingerprint density at radius 1 is 1.11 bits per heavy atom. The topological polar surface area (TPSA) is 55.6 Å². The minimum atomic E-state index is -0.312. The third-order valence-corrected chi connectivity index (χ3v) is 5.07. The predicted octanol–water partition coefficient (Wildman–Crippen LogP) is 5.17. The van der Waals surface area contributed by atoms with E-state index in [1.807, 2.05) is 36.6 Å². The fraction of sp³-hybridized carbons (Fsp3) is 0.143. The van der Waals surface area contributed by atoms with Crippen molar-refractivity contribution < 1.29 is 9.53 Å². The van der Waals surface area contributed by atoms with Crippen molar-refractivity contribution in [1.29, 1.82) is 0 Å². The molecule has 3 aromatic rings. The number of hydrogen-bond donors (Lipinski definition) is 1. The number of amides is 1. The molecular weight excluding hydrogens is 397 g/mol. The average molecular weight is 416 g/mol. The molecule has 0 saturated carbocycles. The van der Waals surface area contributed by atoms with E-state index in [0.717, 1.165) is 22.6 Å². The van der Waals surface area contributed by atoms with Gasteiger partial charge < -0.3 is 9.30 Å². The third kappa shape index (κ3) is 4.21. The molecule has 0 aliphatic rings. The van der Waals surface area contributed by atoms with E-state index >= 15 is 0 Å². The van der Waals surface area contributed by atoms with Gasteiger partial charge in [-0.25, -0.2) is 5.43 Å². The van der Waals surface area contributed by atoms with Crippen LogP contribution in [-0.2, 0) is 0 Å². The van der Waals surface area contributed by atoms with Gasteiger partial charge in [0.15, 0.2) is 0 Å². The Hall–Kier alpha value is -2.76. The van der Waals surface area contributed by atoms with Gasteiger partial charge in [0.1, 0.15) is 5.75 Å². The first kappa shape index (κ1) is 20.0. The molecule has 1 amide bonds. The molecule has 144 valence electrons. The molecule has 2 aromatic carbocycles. The van der Waals surface area contributed by atoms with E-state index in [9.17, 15) is 4.79 Å². The van der Waals surface area contributed by atoms with Gasteiger partial charge in [-0.2, -0.15) is 5.10 Å². The second kappa shape index (κ2) is 8.50. The molecule has 7 heteroatoms. The van der Waals surface area contributed by atoms with Gasteiger partial charge >= 0.3 is 0 Å².